The van der Waals surface area contributed by atoms with Crippen molar-refractivity contribution in [2.45, 2.75) is 0 Å². The maximum atomic E-state index is 10.5. The van der Waals surface area contributed by atoms with Crippen LogP contribution in [0.25, 0.3) is 5.69 Å². The fraction of sp³-hybridized carbons (Fsp3) is 0.100. The highest BCUT2D eigenvalue weighted by Crippen LogP contribution is 2.27. The third-order valence-corrected chi connectivity index (χ3v) is 2.57. The molecule has 0 saturated carbocycles. The number of benzene rings is 1. The van der Waals surface area contributed by atoms with Crippen molar-refractivity contribution in [3.63, 3.8) is 0 Å². The molecule has 1 aromatic carbocycles. The lowest BCUT2D eigenvalue weighted by molar-refractivity contribution is -0.655. The van der Waals surface area contributed by atoms with Crippen LogP contribution in [0.3, 0.4) is 0 Å². The van der Waals surface area contributed by atoms with Crippen LogP contribution in [0, 0.1) is 4.91 Å². The van der Waals surface area contributed by atoms with Crippen LogP contribution in [0.15, 0.2) is 40.2 Å². The van der Waals surface area contributed by atoms with E-state index in [1.807, 2.05) is 6.20 Å². The third kappa shape index (κ3) is 1.96. The maximum Gasteiger partial charge on any atom is 0.239 e. The Hall–Kier alpha value is -1.69. The van der Waals surface area contributed by atoms with Gasteiger partial charge >= 0.3 is 0 Å². The summed E-state index contributed by atoms with van der Waals surface area (Å²) in [6.07, 6.45) is 3.67. The first kappa shape index (κ1) is 10.8. The molecule has 0 atom stereocenters. The molecule has 0 aliphatic heterocycles. The number of nitrogens with zero attached hydrogens (tertiary/aromatic N) is 2. The van der Waals surface area contributed by atoms with Gasteiger partial charge in [-0.1, -0.05) is 4.68 Å². The minimum atomic E-state index is 0.289. The lowest BCUT2D eigenvalue weighted by Crippen LogP contribution is -2.31. The second-order valence-electron chi connectivity index (χ2n) is 3.10. The topological polar surface area (TPSA) is 58.3 Å². The predicted octanol–water partition coefficient (Wildman–Crippen LogP) is 2.46. The van der Waals surface area contributed by atoms with E-state index in [-0.39, 0.29) is 5.69 Å². The van der Waals surface area contributed by atoms with Gasteiger partial charge in [0.1, 0.15) is 10.2 Å². The molecule has 0 radical (unpaired) electrons. The number of aromatic nitrogens is 2. The second-order valence-corrected chi connectivity index (χ2v) is 4.02. The molecule has 5 nitrogen and oxygen atoms in total. The Morgan fingerprint density at radius 3 is 2.88 bits per heavy atom. The molecule has 1 aromatic heterocycles. The van der Waals surface area contributed by atoms with E-state index in [0.717, 1.165) is 10.2 Å². The predicted molar refractivity (Wildman–Crippen MR) is 62.0 cm³/mol. The van der Waals surface area contributed by atoms with Crippen LogP contribution in [0.2, 0.25) is 0 Å². The molecule has 82 valence electrons. The molecule has 0 amide bonds. The lowest BCUT2D eigenvalue weighted by Gasteiger charge is -2.00. The third-order valence-electron chi connectivity index (χ3n) is 2.13. The number of hydrogen-bond donors (Lipinski definition) is 1. The second kappa shape index (κ2) is 4.44. The smallest absolute Gasteiger partial charge is 0.239 e. The van der Waals surface area contributed by atoms with Gasteiger partial charge in [0.05, 0.1) is 19.4 Å². The molecule has 0 fully saturated rings. The Morgan fingerprint density at radius 1 is 1.50 bits per heavy atom. The lowest BCUT2D eigenvalue weighted by atomic mass is 10.2. The summed E-state index contributed by atoms with van der Waals surface area (Å²) in [5.74, 6) is 0.450. The average molecular weight is 283 g/mol. The largest absolute Gasteiger partial charge is 0.494 e. The number of ether oxygens (including phenoxy) is 1. The first-order valence-electron chi connectivity index (χ1n) is 4.52. The van der Waals surface area contributed by atoms with Crippen molar-refractivity contribution in [2.75, 3.05) is 7.11 Å². The van der Waals surface area contributed by atoms with Crippen molar-refractivity contribution in [2.24, 2.45) is 5.18 Å². The summed E-state index contributed by atoms with van der Waals surface area (Å²) in [5.41, 5.74) is 1.15. The molecule has 0 spiro atoms. The molecule has 0 unspecified atom stereocenters. The molecule has 0 bridgehead atoms. The number of aromatic amines is 1. The van der Waals surface area contributed by atoms with Crippen molar-refractivity contribution >= 4 is 21.6 Å². The molecule has 1 N–H and O–H groups in total. The van der Waals surface area contributed by atoms with Crippen molar-refractivity contribution in [3.05, 3.63) is 40.0 Å². The van der Waals surface area contributed by atoms with Crippen molar-refractivity contribution in [3.8, 4) is 11.4 Å². The Kier molecular flexibility index (Phi) is 3.00. The van der Waals surface area contributed by atoms with Crippen LogP contribution < -0.4 is 9.42 Å². The van der Waals surface area contributed by atoms with Gasteiger partial charge in [-0.2, -0.15) is 5.10 Å². The summed E-state index contributed by atoms with van der Waals surface area (Å²) in [6.45, 7) is 0. The number of nitrogens with one attached hydrogen (secondary N) is 1. The van der Waals surface area contributed by atoms with Crippen LogP contribution in [0.5, 0.6) is 5.75 Å². The van der Waals surface area contributed by atoms with E-state index < -0.39 is 0 Å². The van der Waals surface area contributed by atoms with Gasteiger partial charge in [0, 0.05) is 6.07 Å². The summed E-state index contributed by atoms with van der Waals surface area (Å²) in [5, 5.41) is 5.89. The molecular formula is C10H9BrN3O2+. The molecule has 2 aromatic rings. The Bertz CT molecular complexity index is 525. The molecule has 1 heterocycles. The van der Waals surface area contributed by atoms with Crippen molar-refractivity contribution in [1.29, 1.82) is 0 Å². The molecule has 2 rings (SSSR count). The number of rotatable bonds is 3. The van der Waals surface area contributed by atoms with Gasteiger partial charge in [0.25, 0.3) is 0 Å². The van der Waals surface area contributed by atoms with Gasteiger partial charge in [-0.15, -0.1) is 4.91 Å². The van der Waals surface area contributed by atoms with Gasteiger partial charge in [-0.3, -0.25) is 0 Å². The van der Waals surface area contributed by atoms with E-state index in [4.69, 9.17) is 4.74 Å². The fourth-order valence-corrected chi connectivity index (χ4v) is 1.68. The number of H-pyrrole nitrogens is 1. The Labute approximate surface area is 100 Å². The number of hydrogen-bond acceptors (Lipinski definition) is 3. The summed E-state index contributed by atoms with van der Waals surface area (Å²) in [7, 11) is 1.50. The van der Waals surface area contributed by atoms with Crippen LogP contribution in [-0.4, -0.2) is 12.2 Å². The molecular weight excluding hydrogens is 274 g/mol. The first-order chi connectivity index (χ1) is 7.74. The number of halogens is 1. The Morgan fingerprint density at radius 2 is 2.31 bits per heavy atom. The van der Waals surface area contributed by atoms with Crippen molar-refractivity contribution in [1.82, 2.24) is 5.10 Å². The number of nitroso groups, excluding NO2 is 1. The zero-order valence-corrected chi connectivity index (χ0v) is 10.1. The summed E-state index contributed by atoms with van der Waals surface area (Å²) < 4.78 is 7.80. The molecule has 0 saturated heterocycles. The van der Waals surface area contributed by atoms with Crippen LogP contribution in [0.4, 0.5) is 5.69 Å². The van der Waals surface area contributed by atoms with Gasteiger partial charge in [-0.25, -0.2) is 0 Å². The average Bonchev–Trinajstić information content (AvgIpc) is 2.75. The normalized spacial score (nSPS) is 10.1. The van der Waals surface area contributed by atoms with E-state index in [1.54, 1.807) is 29.1 Å². The zero-order chi connectivity index (χ0) is 11.5. The standard InChI is InChI=1S/C10H8BrN3O2/c1-16-10-4-8(2-3-9(10)13-15)14-6-7(11)5-12-14/h2-6H,1H3/p+1. The fourth-order valence-electron chi connectivity index (χ4n) is 1.37. The van der Waals surface area contributed by atoms with Gasteiger partial charge < -0.3 is 4.74 Å². The quantitative estimate of drug-likeness (QED) is 0.694. The van der Waals surface area contributed by atoms with Gasteiger partial charge in [-0.05, 0) is 27.2 Å². The molecule has 0 aliphatic rings. The highest BCUT2D eigenvalue weighted by molar-refractivity contribution is 9.10. The molecule has 16 heavy (non-hydrogen) atoms. The summed E-state index contributed by atoms with van der Waals surface area (Å²) in [6, 6.07) is 5.13. The number of methoxy groups -OCH3 is 1. The van der Waals surface area contributed by atoms with Crippen LogP contribution in [-0.2, 0) is 0 Å². The van der Waals surface area contributed by atoms with Crippen molar-refractivity contribution < 1.29 is 9.42 Å². The minimum absolute atomic E-state index is 0.289. The minimum Gasteiger partial charge on any atom is -0.494 e. The first-order valence-corrected chi connectivity index (χ1v) is 5.31. The maximum absolute atomic E-state index is 10.5. The van der Waals surface area contributed by atoms with E-state index in [0.29, 0.717) is 5.75 Å². The SMILES string of the molecule is COc1cc(-[n+]2cc(Br)c[nH]2)ccc1N=O. The highest BCUT2D eigenvalue weighted by atomic mass is 79.9. The van der Waals surface area contributed by atoms with E-state index in [9.17, 15) is 4.91 Å². The summed E-state index contributed by atoms with van der Waals surface area (Å²) in [4.78, 5) is 10.5. The monoisotopic (exact) mass is 282 g/mol. The highest BCUT2D eigenvalue weighted by Gasteiger charge is 2.13. The zero-order valence-electron chi connectivity index (χ0n) is 8.48. The van der Waals surface area contributed by atoms with Gasteiger partial charge in [0.15, 0.2) is 5.75 Å². The molecule has 6 heteroatoms. The van der Waals surface area contributed by atoms with E-state index in [1.165, 1.54) is 7.11 Å². The van der Waals surface area contributed by atoms with E-state index >= 15 is 0 Å². The molecule has 0 aliphatic carbocycles. The van der Waals surface area contributed by atoms with Gasteiger partial charge in [0.2, 0.25) is 11.9 Å². The summed E-state index contributed by atoms with van der Waals surface area (Å²) >= 11 is 3.34. The van der Waals surface area contributed by atoms with E-state index in [2.05, 4.69) is 26.2 Å². The Balaban J connectivity index is 2.47. The van der Waals surface area contributed by atoms with Crippen LogP contribution in [0.1, 0.15) is 0 Å². The van der Waals surface area contributed by atoms with Crippen LogP contribution >= 0.6 is 15.9 Å².